The van der Waals surface area contributed by atoms with Crippen LogP contribution >= 0.6 is 12.4 Å². The summed E-state index contributed by atoms with van der Waals surface area (Å²) in [6, 6.07) is 8.51. The average Bonchev–Trinajstić information content (AvgIpc) is 3.21. The van der Waals surface area contributed by atoms with Gasteiger partial charge >= 0.3 is 0 Å². The zero-order valence-corrected chi connectivity index (χ0v) is 17.4. The molecule has 2 bridgehead atoms. The van der Waals surface area contributed by atoms with Crippen LogP contribution in [-0.2, 0) is 4.79 Å². The molecule has 6 nitrogen and oxygen atoms in total. The first-order valence-corrected chi connectivity index (χ1v) is 10.0. The number of amides is 1. The van der Waals surface area contributed by atoms with Crippen molar-refractivity contribution in [3.8, 4) is 5.69 Å². The quantitative estimate of drug-likeness (QED) is 0.849. The number of aromatic nitrogens is 3. The first kappa shape index (κ1) is 20.8. The lowest BCUT2D eigenvalue weighted by atomic mass is 9.65. The Morgan fingerprint density at radius 1 is 1.21 bits per heavy atom. The van der Waals surface area contributed by atoms with Gasteiger partial charge in [-0.15, -0.1) is 12.4 Å². The minimum absolute atomic E-state index is 0. The van der Waals surface area contributed by atoms with Gasteiger partial charge < -0.3 is 10.6 Å². The van der Waals surface area contributed by atoms with Gasteiger partial charge in [0, 0.05) is 19.0 Å². The fraction of sp³-hybridized carbons (Fsp3) is 0.571. The van der Waals surface area contributed by atoms with Gasteiger partial charge in [0.05, 0.1) is 11.7 Å². The van der Waals surface area contributed by atoms with Gasteiger partial charge in [-0.25, -0.2) is 9.67 Å². The average molecular weight is 404 g/mol. The van der Waals surface area contributed by atoms with Crippen molar-refractivity contribution < 1.29 is 4.79 Å². The molecule has 4 rings (SSSR count). The number of carbonyl (C=O) groups excluding carboxylic acids is 1. The van der Waals surface area contributed by atoms with Crippen molar-refractivity contribution in [3.63, 3.8) is 0 Å². The largest absolute Gasteiger partial charge is 0.339 e. The van der Waals surface area contributed by atoms with Crippen LogP contribution in [0.4, 0.5) is 0 Å². The highest BCUT2D eigenvalue weighted by Gasteiger charge is 2.41. The zero-order chi connectivity index (χ0) is 19.0. The van der Waals surface area contributed by atoms with Crippen molar-refractivity contribution in [1.82, 2.24) is 19.7 Å². The van der Waals surface area contributed by atoms with Crippen LogP contribution in [0.2, 0.25) is 0 Å². The molecule has 1 aromatic heterocycles. The van der Waals surface area contributed by atoms with Crippen molar-refractivity contribution in [2.24, 2.45) is 23.5 Å². The van der Waals surface area contributed by atoms with Crippen LogP contribution in [0.15, 0.2) is 36.9 Å². The molecule has 0 saturated heterocycles. The van der Waals surface area contributed by atoms with Crippen molar-refractivity contribution in [1.29, 1.82) is 0 Å². The first-order chi connectivity index (χ1) is 13.0. The second-order valence-electron chi connectivity index (χ2n) is 8.25. The molecule has 0 spiro atoms. The highest BCUT2D eigenvalue weighted by Crippen LogP contribution is 2.42. The third kappa shape index (κ3) is 3.94. The number of rotatable bonds is 4. The summed E-state index contributed by atoms with van der Waals surface area (Å²) in [7, 11) is 1.93. The predicted octanol–water partition coefficient (Wildman–Crippen LogP) is 3.36. The van der Waals surface area contributed by atoms with E-state index in [9.17, 15) is 4.79 Å². The third-order valence-corrected chi connectivity index (χ3v) is 6.75. The van der Waals surface area contributed by atoms with Gasteiger partial charge in [-0.1, -0.05) is 18.6 Å². The molecule has 0 aliphatic heterocycles. The molecule has 28 heavy (non-hydrogen) atoms. The zero-order valence-electron chi connectivity index (χ0n) is 16.6. The predicted molar refractivity (Wildman–Crippen MR) is 111 cm³/mol. The highest BCUT2D eigenvalue weighted by molar-refractivity contribution is 5.85. The van der Waals surface area contributed by atoms with E-state index in [4.69, 9.17) is 5.73 Å². The Balaban J connectivity index is 0.00000225. The maximum atomic E-state index is 13.2. The second-order valence-corrected chi connectivity index (χ2v) is 8.25. The molecule has 7 heteroatoms. The molecule has 3 atom stereocenters. The number of halogens is 1. The molecular formula is C21H30ClN5O. The minimum atomic E-state index is 0. The van der Waals surface area contributed by atoms with E-state index in [0.717, 1.165) is 24.1 Å². The van der Waals surface area contributed by atoms with Gasteiger partial charge in [-0.05, 0) is 62.1 Å². The summed E-state index contributed by atoms with van der Waals surface area (Å²) in [4.78, 5) is 19.1. The van der Waals surface area contributed by atoms with Crippen LogP contribution in [0.25, 0.3) is 5.69 Å². The Bertz CT molecular complexity index is 765. The molecular weight excluding hydrogens is 374 g/mol. The SMILES string of the molecule is CC(c1ccc(-n2cncn2)cc1)N(C)C(=O)C1CC2CCCC(C1)C2N.Cl. The van der Waals surface area contributed by atoms with E-state index >= 15 is 0 Å². The molecule has 2 fully saturated rings. The van der Waals surface area contributed by atoms with E-state index in [1.54, 1.807) is 11.0 Å². The fourth-order valence-electron chi connectivity index (χ4n) is 4.94. The van der Waals surface area contributed by atoms with E-state index in [-0.39, 0.29) is 30.3 Å². The molecule has 2 aliphatic rings. The number of nitrogens with zero attached hydrogens (tertiary/aromatic N) is 4. The third-order valence-electron chi connectivity index (χ3n) is 6.75. The highest BCUT2D eigenvalue weighted by atomic mass is 35.5. The normalized spacial score (nSPS) is 27.5. The molecule has 0 radical (unpaired) electrons. The monoisotopic (exact) mass is 403 g/mol. The number of carbonyl (C=O) groups is 1. The van der Waals surface area contributed by atoms with Gasteiger partial charge in [0.1, 0.15) is 12.7 Å². The molecule has 2 aliphatic carbocycles. The molecule has 152 valence electrons. The standard InChI is InChI=1S/C21H29N5O.ClH/c1-14(15-6-8-19(9-7-15)26-13-23-12-24-26)25(2)21(27)18-10-16-4-3-5-17(11-18)20(16)22;/h6-9,12-14,16-18,20H,3-5,10-11,22H2,1-2H3;1H. The lowest BCUT2D eigenvalue weighted by molar-refractivity contribution is -0.139. The van der Waals surface area contributed by atoms with E-state index < -0.39 is 0 Å². The van der Waals surface area contributed by atoms with Gasteiger partial charge in [0.2, 0.25) is 5.91 Å². The summed E-state index contributed by atoms with van der Waals surface area (Å²) in [5.74, 6) is 1.45. The van der Waals surface area contributed by atoms with E-state index in [1.807, 2.05) is 24.1 Å². The topological polar surface area (TPSA) is 77.0 Å². The van der Waals surface area contributed by atoms with E-state index in [2.05, 4.69) is 29.1 Å². The van der Waals surface area contributed by atoms with E-state index in [0.29, 0.717) is 17.9 Å². The van der Waals surface area contributed by atoms with Gasteiger partial charge in [-0.3, -0.25) is 4.79 Å². The van der Waals surface area contributed by atoms with Crippen LogP contribution in [-0.4, -0.2) is 38.7 Å². The van der Waals surface area contributed by atoms with E-state index in [1.165, 1.54) is 25.6 Å². The van der Waals surface area contributed by atoms with Crippen LogP contribution < -0.4 is 5.73 Å². The molecule has 2 saturated carbocycles. The van der Waals surface area contributed by atoms with Crippen molar-refractivity contribution in [3.05, 3.63) is 42.5 Å². The molecule has 1 aromatic carbocycles. The van der Waals surface area contributed by atoms with Crippen LogP contribution in [0.5, 0.6) is 0 Å². The maximum absolute atomic E-state index is 13.2. The van der Waals surface area contributed by atoms with Gasteiger partial charge in [0.15, 0.2) is 0 Å². The van der Waals surface area contributed by atoms with Crippen molar-refractivity contribution in [2.45, 2.75) is 51.1 Å². The first-order valence-electron chi connectivity index (χ1n) is 10.0. The second kappa shape index (κ2) is 8.62. The lowest BCUT2D eigenvalue weighted by Crippen LogP contribution is -2.49. The Morgan fingerprint density at radius 2 is 1.86 bits per heavy atom. The maximum Gasteiger partial charge on any atom is 0.225 e. The summed E-state index contributed by atoms with van der Waals surface area (Å²) in [5, 5.41) is 4.15. The Labute approximate surface area is 172 Å². The molecule has 3 unspecified atom stereocenters. The molecule has 1 heterocycles. The van der Waals surface area contributed by atoms with Crippen LogP contribution in [0.1, 0.15) is 50.6 Å². The summed E-state index contributed by atoms with van der Waals surface area (Å²) in [6.45, 7) is 2.10. The Hall–Kier alpha value is -1.92. The number of benzene rings is 1. The fourth-order valence-corrected chi connectivity index (χ4v) is 4.94. The van der Waals surface area contributed by atoms with Crippen molar-refractivity contribution >= 4 is 18.3 Å². The van der Waals surface area contributed by atoms with Gasteiger partial charge in [0.25, 0.3) is 0 Å². The number of nitrogens with two attached hydrogens (primary N) is 1. The summed E-state index contributed by atoms with van der Waals surface area (Å²) in [6.07, 6.45) is 8.76. The molecule has 2 N–H and O–H groups in total. The summed E-state index contributed by atoms with van der Waals surface area (Å²) >= 11 is 0. The number of hydrogen-bond acceptors (Lipinski definition) is 4. The van der Waals surface area contributed by atoms with Crippen molar-refractivity contribution in [2.75, 3.05) is 7.05 Å². The molecule has 2 aromatic rings. The number of hydrogen-bond donors (Lipinski definition) is 1. The van der Waals surface area contributed by atoms with Gasteiger partial charge in [-0.2, -0.15) is 5.10 Å². The summed E-state index contributed by atoms with van der Waals surface area (Å²) in [5.41, 5.74) is 8.48. The number of fused-ring (bicyclic) bond motifs is 2. The summed E-state index contributed by atoms with van der Waals surface area (Å²) < 4.78 is 1.73. The molecule has 1 amide bonds. The Kier molecular flexibility index (Phi) is 6.40. The lowest BCUT2D eigenvalue weighted by Gasteiger charge is -2.44. The van der Waals surface area contributed by atoms with Crippen LogP contribution in [0.3, 0.4) is 0 Å². The Morgan fingerprint density at radius 3 is 2.43 bits per heavy atom. The van der Waals surface area contributed by atoms with Crippen LogP contribution in [0, 0.1) is 17.8 Å². The smallest absolute Gasteiger partial charge is 0.225 e. The minimum Gasteiger partial charge on any atom is -0.339 e.